The highest BCUT2D eigenvalue weighted by Gasteiger charge is 2.35. The van der Waals surface area contributed by atoms with Gasteiger partial charge in [-0.2, -0.15) is 0 Å². The van der Waals surface area contributed by atoms with Gasteiger partial charge in [-0.05, 0) is 40.3 Å². The highest BCUT2D eigenvalue weighted by molar-refractivity contribution is 6.30. The zero-order valence-corrected chi connectivity index (χ0v) is 17.0. The van der Waals surface area contributed by atoms with Crippen molar-refractivity contribution < 1.29 is 0 Å². The second-order valence-electron chi connectivity index (χ2n) is 7.89. The molecule has 1 aliphatic heterocycles. The van der Waals surface area contributed by atoms with Crippen molar-refractivity contribution in [3.63, 3.8) is 0 Å². The van der Waals surface area contributed by atoms with Crippen molar-refractivity contribution in [1.29, 1.82) is 0 Å². The Hall–Kier alpha value is -2.68. The third-order valence-corrected chi connectivity index (χ3v) is 6.27. The first-order valence-corrected chi connectivity index (χ1v) is 10.5. The van der Waals surface area contributed by atoms with E-state index in [2.05, 4.69) is 82.7 Å². The van der Waals surface area contributed by atoms with Crippen molar-refractivity contribution in [1.82, 2.24) is 9.88 Å². The van der Waals surface area contributed by atoms with Gasteiger partial charge in [-0.15, -0.1) is 0 Å². The maximum atomic E-state index is 6.36. The summed E-state index contributed by atoms with van der Waals surface area (Å²) in [4.78, 5) is 6.89. The minimum Gasteiger partial charge on any atom is -0.298 e. The summed E-state index contributed by atoms with van der Waals surface area (Å²) in [6.45, 7) is 3.04. The molecule has 1 aliphatic rings. The first-order chi connectivity index (χ1) is 14.3. The fraction of sp³-hybridized carbons (Fsp3) is 0.192. The summed E-state index contributed by atoms with van der Waals surface area (Å²) in [5, 5.41) is 3.32. The molecule has 4 aromatic rings. The van der Waals surface area contributed by atoms with Gasteiger partial charge in [0, 0.05) is 54.3 Å². The molecule has 0 saturated carbocycles. The predicted molar refractivity (Wildman–Crippen MR) is 120 cm³/mol. The normalized spacial score (nSPS) is 19.6. The standard InChI is InChI=1S/C26H23ClN2/c27-22-10-4-8-20(14-22)25-17-29(16-19-6-2-1-3-7-19)18-26(25)24-11-5-9-21-15-28-13-12-23(21)24/h1-15,25-26H,16-18H2. The molecule has 0 amide bonds. The first kappa shape index (κ1) is 18.4. The van der Waals surface area contributed by atoms with Crippen LogP contribution in [0, 0.1) is 0 Å². The molecule has 2 nitrogen and oxygen atoms in total. The van der Waals surface area contributed by atoms with Gasteiger partial charge in [0.05, 0.1) is 0 Å². The second-order valence-corrected chi connectivity index (χ2v) is 8.33. The smallest absolute Gasteiger partial charge is 0.0408 e. The van der Waals surface area contributed by atoms with Gasteiger partial charge in [0.2, 0.25) is 0 Å². The zero-order valence-electron chi connectivity index (χ0n) is 16.2. The Bertz CT molecular complexity index is 1120. The van der Waals surface area contributed by atoms with Gasteiger partial charge in [0.25, 0.3) is 0 Å². The minimum atomic E-state index is 0.413. The van der Waals surface area contributed by atoms with Crippen LogP contribution in [0.5, 0.6) is 0 Å². The molecule has 2 heterocycles. The maximum absolute atomic E-state index is 6.36. The van der Waals surface area contributed by atoms with E-state index >= 15 is 0 Å². The molecule has 2 unspecified atom stereocenters. The van der Waals surface area contributed by atoms with Crippen LogP contribution in [0.1, 0.15) is 28.5 Å². The van der Waals surface area contributed by atoms with Gasteiger partial charge in [-0.3, -0.25) is 9.88 Å². The molecule has 1 saturated heterocycles. The SMILES string of the molecule is Clc1cccc(C2CN(Cc3ccccc3)CC2c2cccc3cnccc23)c1. The zero-order chi connectivity index (χ0) is 19.6. The lowest BCUT2D eigenvalue weighted by Gasteiger charge is -2.21. The Labute approximate surface area is 176 Å². The molecule has 5 rings (SSSR count). The van der Waals surface area contributed by atoms with E-state index in [1.807, 2.05) is 18.5 Å². The van der Waals surface area contributed by atoms with Crippen molar-refractivity contribution >= 4 is 22.4 Å². The minimum absolute atomic E-state index is 0.413. The van der Waals surface area contributed by atoms with Crippen LogP contribution in [0.2, 0.25) is 5.02 Å². The van der Waals surface area contributed by atoms with Gasteiger partial charge >= 0.3 is 0 Å². The number of benzene rings is 3. The van der Waals surface area contributed by atoms with Crippen molar-refractivity contribution in [2.45, 2.75) is 18.4 Å². The maximum Gasteiger partial charge on any atom is 0.0408 e. The van der Waals surface area contributed by atoms with Crippen molar-refractivity contribution in [2.24, 2.45) is 0 Å². The molecule has 0 aliphatic carbocycles. The Balaban J connectivity index is 1.54. The monoisotopic (exact) mass is 398 g/mol. The second kappa shape index (κ2) is 7.98. The highest BCUT2D eigenvalue weighted by atomic mass is 35.5. The number of halogens is 1. The molecule has 1 fully saturated rings. The number of fused-ring (bicyclic) bond motifs is 1. The van der Waals surface area contributed by atoms with Crippen LogP contribution in [0.15, 0.2) is 91.3 Å². The van der Waals surface area contributed by atoms with E-state index in [1.165, 1.54) is 27.5 Å². The van der Waals surface area contributed by atoms with Gasteiger partial charge in [-0.1, -0.05) is 72.3 Å². The lowest BCUT2D eigenvalue weighted by atomic mass is 9.82. The van der Waals surface area contributed by atoms with Crippen LogP contribution in [-0.2, 0) is 6.54 Å². The molecule has 2 atom stereocenters. The van der Waals surface area contributed by atoms with Crippen molar-refractivity contribution in [3.05, 3.63) is 113 Å². The highest BCUT2D eigenvalue weighted by Crippen LogP contribution is 2.42. The van der Waals surface area contributed by atoms with E-state index in [1.54, 1.807) is 0 Å². The molecule has 0 spiro atoms. The number of pyridine rings is 1. The average molecular weight is 399 g/mol. The summed E-state index contributed by atoms with van der Waals surface area (Å²) in [6.07, 6.45) is 3.86. The van der Waals surface area contributed by atoms with Crippen molar-refractivity contribution in [3.8, 4) is 0 Å². The first-order valence-electron chi connectivity index (χ1n) is 10.1. The Morgan fingerprint density at radius 1 is 0.862 bits per heavy atom. The van der Waals surface area contributed by atoms with E-state index in [0.717, 1.165) is 24.7 Å². The lowest BCUT2D eigenvalue weighted by Crippen LogP contribution is -2.20. The van der Waals surface area contributed by atoms with Crippen LogP contribution in [0.3, 0.4) is 0 Å². The summed E-state index contributed by atoms with van der Waals surface area (Å²) in [5.74, 6) is 0.833. The van der Waals surface area contributed by atoms with Gasteiger partial charge in [-0.25, -0.2) is 0 Å². The molecule has 3 heteroatoms. The Morgan fingerprint density at radius 3 is 2.55 bits per heavy atom. The Kier molecular flexibility index (Phi) is 5.05. The van der Waals surface area contributed by atoms with Gasteiger partial charge < -0.3 is 0 Å². The number of hydrogen-bond acceptors (Lipinski definition) is 2. The van der Waals surface area contributed by atoms with Crippen LogP contribution in [0.25, 0.3) is 10.8 Å². The number of likely N-dealkylation sites (tertiary alicyclic amines) is 1. The fourth-order valence-electron chi connectivity index (χ4n) is 4.72. The number of nitrogens with zero attached hydrogens (tertiary/aromatic N) is 2. The van der Waals surface area contributed by atoms with E-state index in [4.69, 9.17) is 11.6 Å². The van der Waals surface area contributed by atoms with Gasteiger partial charge in [0.1, 0.15) is 0 Å². The fourth-order valence-corrected chi connectivity index (χ4v) is 4.92. The molecule has 0 radical (unpaired) electrons. The van der Waals surface area contributed by atoms with Crippen molar-refractivity contribution in [2.75, 3.05) is 13.1 Å². The summed E-state index contributed by atoms with van der Waals surface area (Å²) in [7, 11) is 0. The van der Waals surface area contributed by atoms with E-state index < -0.39 is 0 Å². The topological polar surface area (TPSA) is 16.1 Å². The summed E-state index contributed by atoms with van der Waals surface area (Å²) in [6, 6.07) is 27.9. The molecule has 0 bridgehead atoms. The Morgan fingerprint density at radius 2 is 1.69 bits per heavy atom. The van der Waals surface area contributed by atoms with E-state index in [-0.39, 0.29) is 0 Å². The third kappa shape index (κ3) is 3.78. The van der Waals surface area contributed by atoms with Crippen LogP contribution < -0.4 is 0 Å². The van der Waals surface area contributed by atoms with Gasteiger partial charge in [0.15, 0.2) is 0 Å². The molecule has 0 N–H and O–H groups in total. The average Bonchev–Trinajstić information content (AvgIpc) is 3.17. The molecular weight excluding hydrogens is 376 g/mol. The molecular formula is C26H23ClN2. The number of rotatable bonds is 4. The van der Waals surface area contributed by atoms with E-state index in [9.17, 15) is 0 Å². The lowest BCUT2D eigenvalue weighted by molar-refractivity contribution is 0.324. The van der Waals surface area contributed by atoms with E-state index in [0.29, 0.717) is 11.8 Å². The summed E-state index contributed by atoms with van der Waals surface area (Å²) >= 11 is 6.36. The summed E-state index contributed by atoms with van der Waals surface area (Å²) in [5.41, 5.74) is 4.09. The summed E-state index contributed by atoms with van der Waals surface area (Å²) < 4.78 is 0. The molecule has 29 heavy (non-hydrogen) atoms. The quantitative estimate of drug-likeness (QED) is 0.402. The molecule has 144 valence electrons. The third-order valence-electron chi connectivity index (χ3n) is 6.04. The van der Waals surface area contributed by atoms with Crippen LogP contribution in [-0.4, -0.2) is 23.0 Å². The predicted octanol–water partition coefficient (Wildman–Crippen LogP) is 6.27. The largest absolute Gasteiger partial charge is 0.298 e. The van der Waals surface area contributed by atoms with Crippen LogP contribution in [0.4, 0.5) is 0 Å². The molecule has 1 aromatic heterocycles. The number of aromatic nitrogens is 1. The molecule has 3 aromatic carbocycles. The number of hydrogen-bond donors (Lipinski definition) is 0. The van der Waals surface area contributed by atoms with Crippen LogP contribution >= 0.6 is 11.6 Å².